The second-order valence-corrected chi connectivity index (χ2v) is 5.46. The summed E-state index contributed by atoms with van der Waals surface area (Å²) < 4.78 is 5.50. The predicted octanol–water partition coefficient (Wildman–Crippen LogP) is 2.79. The summed E-state index contributed by atoms with van der Waals surface area (Å²) in [7, 11) is 0. The molecular weight excluding hydrogens is 250 g/mol. The Bertz CT molecular complexity index is 618. The maximum absolute atomic E-state index is 12.5. The van der Waals surface area contributed by atoms with E-state index in [2.05, 4.69) is 12.2 Å². The zero-order chi connectivity index (χ0) is 13.9. The molecule has 3 nitrogen and oxygen atoms in total. The van der Waals surface area contributed by atoms with Gasteiger partial charge in [0.05, 0.1) is 13.2 Å². The first-order valence-electron chi connectivity index (χ1n) is 7.09. The molecule has 0 amide bonds. The zero-order valence-corrected chi connectivity index (χ0v) is 11.6. The Labute approximate surface area is 118 Å². The Kier molecular flexibility index (Phi) is 3.81. The van der Waals surface area contributed by atoms with Crippen molar-refractivity contribution in [2.45, 2.75) is 25.4 Å². The van der Waals surface area contributed by atoms with Crippen molar-refractivity contribution in [3.8, 4) is 0 Å². The molecule has 0 aromatic heterocycles. The van der Waals surface area contributed by atoms with Gasteiger partial charge in [0.2, 0.25) is 0 Å². The van der Waals surface area contributed by atoms with Crippen LogP contribution in [-0.4, -0.2) is 31.1 Å². The van der Waals surface area contributed by atoms with Crippen molar-refractivity contribution in [1.29, 1.82) is 0 Å². The van der Waals surface area contributed by atoms with Crippen LogP contribution in [0.1, 0.15) is 23.7 Å². The van der Waals surface area contributed by atoms with Crippen molar-refractivity contribution in [3.63, 3.8) is 0 Å². The number of nitrogens with one attached hydrogen (secondary N) is 1. The first kappa shape index (κ1) is 13.3. The van der Waals surface area contributed by atoms with Gasteiger partial charge in [-0.1, -0.05) is 42.5 Å². The molecular formula is C17H19NO2. The Hall–Kier alpha value is -1.71. The predicted molar refractivity (Wildman–Crippen MR) is 80.1 cm³/mol. The molecule has 0 bridgehead atoms. The highest BCUT2D eigenvalue weighted by molar-refractivity contribution is 6.08. The third-order valence-electron chi connectivity index (χ3n) is 3.73. The normalized spacial score (nSPS) is 22.9. The quantitative estimate of drug-likeness (QED) is 0.871. The number of hydrogen-bond acceptors (Lipinski definition) is 3. The Morgan fingerprint density at radius 1 is 1.20 bits per heavy atom. The molecule has 20 heavy (non-hydrogen) atoms. The van der Waals surface area contributed by atoms with E-state index in [1.165, 1.54) is 0 Å². The van der Waals surface area contributed by atoms with E-state index >= 15 is 0 Å². The summed E-state index contributed by atoms with van der Waals surface area (Å²) in [5, 5.41) is 5.56. The third kappa shape index (κ3) is 2.74. The molecule has 3 heteroatoms. The van der Waals surface area contributed by atoms with Crippen molar-refractivity contribution in [2.75, 3.05) is 13.2 Å². The average Bonchev–Trinajstić information content (AvgIpc) is 2.46. The van der Waals surface area contributed by atoms with Gasteiger partial charge >= 0.3 is 0 Å². The molecule has 1 heterocycles. The lowest BCUT2D eigenvalue weighted by Crippen LogP contribution is -2.48. The van der Waals surface area contributed by atoms with Crippen molar-refractivity contribution in [2.24, 2.45) is 0 Å². The van der Waals surface area contributed by atoms with E-state index in [0.717, 1.165) is 22.9 Å². The third-order valence-corrected chi connectivity index (χ3v) is 3.73. The summed E-state index contributed by atoms with van der Waals surface area (Å²) in [5.41, 5.74) is 0.808. The van der Waals surface area contributed by atoms with E-state index in [-0.39, 0.29) is 11.8 Å². The van der Waals surface area contributed by atoms with Gasteiger partial charge in [-0.2, -0.15) is 0 Å². The number of benzene rings is 2. The molecule has 1 N–H and O–H groups in total. The van der Waals surface area contributed by atoms with Crippen LogP contribution in [0.2, 0.25) is 0 Å². The first-order chi connectivity index (χ1) is 9.74. The minimum absolute atomic E-state index is 0.116. The Balaban J connectivity index is 1.82. The second kappa shape index (κ2) is 5.73. The summed E-state index contributed by atoms with van der Waals surface area (Å²) >= 11 is 0. The second-order valence-electron chi connectivity index (χ2n) is 5.46. The summed E-state index contributed by atoms with van der Waals surface area (Å²) in [5.74, 6) is 0.178. The van der Waals surface area contributed by atoms with E-state index in [0.29, 0.717) is 19.1 Å². The number of ketones is 1. The lowest BCUT2D eigenvalue weighted by Gasteiger charge is -2.28. The van der Waals surface area contributed by atoms with Crippen molar-refractivity contribution in [1.82, 2.24) is 5.32 Å². The molecule has 0 aliphatic carbocycles. The van der Waals surface area contributed by atoms with Crippen LogP contribution in [0.25, 0.3) is 10.8 Å². The number of ether oxygens (including phenoxy) is 1. The lowest BCUT2D eigenvalue weighted by atomic mass is 9.97. The minimum Gasteiger partial charge on any atom is -0.378 e. The van der Waals surface area contributed by atoms with Crippen LogP contribution in [0, 0.1) is 0 Å². The SMILES string of the molecule is CC1COCC(CC(=O)c2cccc3ccccc23)N1. The van der Waals surface area contributed by atoms with E-state index in [1.54, 1.807) is 0 Å². The van der Waals surface area contributed by atoms with Gasteiger partial charge < -0.3 is 10.1 Å². The maximum Gasteiger partial charge on any atom is 0.165 e. The van der Waals surface area contributed by atoms with Gasteiger partial charge in [0, 0.05) is 24.1 Å². The number of hydrogen-bond donors (Lipinski definition) is 1. The molecule has 0 radical (unpaired) electrons. The van der Waals surface area contributed by atoms with Gasteiger partial charge in [0.1, 0.15) is 0 Å². The lowest BCUT2D eigenvalue weighted by molar-refractivity contribution is 0.0464. The standard InChI is InChI=1S/C17H19NO2/c1-12-10-20-11-14(18-12)9-17(19)16-8-4-6-13-5-2-3-7-15(13)16/h2-8,12,14,18H,9-11H2,1H3. The molecule has 0 spiro atoms. The molecule has 1 fully saturated rings. The molecule has 1 aliphatic rings. The fraction of sp³-hybridized carbons (Fsp3) is 0.353. The molecule has 1 aliphatic heterocycles. The van der Waals surface area contributed by atoms with Crippen LogP contribution in [-0.2, 0) is 4.74 Å². The number of Topliss-reactive ketones (excluding diaryl/α,β-unsaturated/α-hetero) is 1. The van der Waals surface area contributed by atoms with Gasteiger partial charge in [0.25, 0.3) is 0 Å². The van der Waals surface area contributed by atoms with Gasteiger partial charge in [-0.3, -0.25) is 4.79 Å². The zero-order valence-electron chi connectivity index (χ0n) is 11.6. The summed E-state index contributed by atoms with van der Waals surface area (Å²) in [6.45, 7) is 3.41. The maximum atomic E-state index is 12.5. The van der Waals surface area contributed by atoms with Gasteiger partial charge in [-0.15, -0.1) is 0 Å². The Morgan fingerprint density at radius 2 is 2.00 bits per heavy atom. The molecule has 2 unspecified atom stereocenters. The monoisotopic (exact) mass is 269 g/mol. The fourth-order valence-corrected chi connectivity index (χ4v) is 2.81. The van der Waals surface area contributed by atoms with E-state index in [9.17, 15) is 4.79 Å². The van der Waals surface area contributed by atoms with Crippen LogP contribution in [0.4, 0.5) is 0 Å². The highest BCUT2D eigenvalue weighted by atomic mass is 16.5. The Morgan fingerprint density at radius 3 is 2.85 bits per heavy atom. The first-order valence-corrected chi connectivity index (χ1v) is 7.09. The van der Waals surface area contributed by atoms with Crippen molar-refractivity contribution < 1.29 is 9.53 Å². The summed E-state index contributed by atoms with van der Waals surface area (Å²) in [6, 6.07) is 14.3. The molecule has 2 atom stereocenters. The molecule has 2 aromatic rings. The van der Waals surface area contributed by atoms with Crippen LogP contribution in [0.5, 0.6) is 0 Å². The number of fused-ring (bicyclic) bond motifs is 1. The van der Waals surface area contributed by atoms with E-state index in [1.807, 2.05) is 42.5 Å². The molecule has 2 aromatic carbocycles. The fourth-order valence-electron chi connectivity index (χ4n) is 2.81. The van der Waals surface area contributed by atoms with Crippen LogP contribution < -0.4 is 5.32 Å². The van der Waals surface area contributed by atoms with E-state index < -0.39 is 0 Å². The van der Waals surface area contributed by atoms with E-state index in [4.69, 9.17) is 4.74 Å². The number of rotatable bonds is 3. The van der Waals surface area contributed by atoms with Crippen LogP contribution in [0.15, 0.2) is 42.5 Å². The summed E-state index contributed by atoms with van der Waals surface area (Å²) in [4.78, 5) is 12.5. The molecule has 1 saturated heterocycles. The van der Waals surface area contributed by atoms with Crippen molar-refractivity contribution >= 4 is 16.6 Å². The topological polar surface area (TPSA) is 38.3 Å². The molecule has 3 rings (SSSR count). The molecule has 0 saturated carbocycles. The number of carbonyl (C=O) groups is 1. The van der Waals surface area contributed by atoms with Crippen LogP contribution in [0.3, 0.4) is 0 Å². The van der Waals surface area contributed by atoms with Gasteiger partial charge in [-0.05, 0) is 17.7 Å². The minimum atomic E-state index is 0.116. The average molecular weight is 269 g/mol. The molecule has 104 valence electrons. The van der Waals surface area contributed by atoms with Crippen LogP contribution >= 0.6 is 0 Å². The summed E-state index contributed by atoms with van der Waals surface area (Å²) in [6.07, 6.45) is 0.484. The highest BCUT2D eigenvalue weighted by Crippen LogP contribution is 2.20. The largest absolute Gasteiger partial charge is 0.378 e. The van der Waals surface area contributed by atoms with Crippen molar-refractivity contribution in [3.05, 3.63) is 48.0 Å². The van der Waals surface area contributed by atoms with Gasteiger partial charge in [0.15, 0.2) is 5.78 Å². The highest BCUT2D eigenvalue weighted by Gasteiger charge is 2.22. The number of morpholine rings is 1. The van der Waals surface area contributed by atoms with Gasteiger partial charge in [-0.25, -0.2) is 0 Å². The number of carbonyl (C=O) groups excluding carboxylic acids is 1. The smallest absolute Gasteiger partial charge is 0.165 e.